The minimum Gasteiger partial charge on any atom is -0.508 e. The third kappa shape index (κ3) is 33.4. The van der Waals surface area contributed by atoms with Crippen molar-refractivity contribution in [3.05, 3.63) is 138 Å². The Hall–Kier alpha value is -14.6. The number of aromatic amines is 1. The number of phenols is 1. The summed E-state index contributed by atoms with van der Waals surface area (Å²) in [6.07, 6.45) is 0.163. The molecule has 0 spiro atoms. The number of phenolic OH excluding ortho intramolecular Hbond substituents is 1. The molecule has 16 amide bonds. The number of aliphatic carboxylic acids is 3. The van der Waals surface area contributed by atoms with E-state index >= 15 is 0 Å². The van der Waals surface area contributed by atoms with Gasteiger partial charge in [-0.1, -0.05) is 132 Å². The number of fused-ring (bicyclic) bond motifs is 1. The van der Waals surface area contributed by atoms with E-state index in [0.717, 1.165) is 6.34 Å². The molecule has 672 valence electrons. The molecule has 25 N–H and O–H groups in total. The summed E-state index contributed by atoms with van der Waals surface area (Å²) in [5, 5.41) is 84.9. The van der Waals surface area contributed by atoms with Crippen molar-refractivity contribution in [2.45, 2.75) is 164 Å². The Morgan fingerprint density at radius 2 is 0.800 bits per heavy atom. The number of rotatable bonds is 52. The van der Waals surface area contributed by atoms with Gasteiger partial charge in [0.05, 0.1) is 64.6 Å². The Balaban J connectivity index is 1.13. The first-order chi connectivity index (χ1) is 59.5. The molecule has 4 aromatic carbocycles. The highest BCUT2D eigenvalue weighted by Crippen LogP contribution is 2.21. The van der Waals surface area contributed by atoms with Crippen molar-refractivity contribution in [1.82, 2.24) is 84.7 Å². The van der Waals surface area contributed by atoms with E-state index < -0.39 is 255 Å². The summed E-state index contributed by atoms with van der Waals surface area (Å²) in [7, 11) is 0. The van der Waals surface area contributed by atoms with Crippen LogP contribution in [0.15, 0.2) is 125 Å². The molecular weight excluding hydrogens is 1640 g/mol. The number of carbonyl (C=O) groups excluding carboxylic acids is 16. The standard InChI is InChI=1S/C81H104N20O24/c1-5-42(3)69(100-77(120)53(91-62(105)33-82)26-45-17-11-8-12-18-45)79(122)89-39-65(108)92-55(28-47-34-85-51-20-14-13-19-50(47)51)72(115)87-37-64(107)94-57(30-61(83)104)76(119)97-58(31-67(110)111)78(121)101-70(43(4)6-2)80(123)98-52(25-44-15-9-7-10-16-44)71(114)86-36-63(106)93-56(29-48-35-84-41-90-48)75(118)96-54(27-46-21-23-49(103)24-22-46)74(117)99-60(40-102)73(116)88-38-66(109)95-59(81(124)125)32-68(112)113/h7-24,34-35,41-43,48,52-60,69-70,85,102-103H,5-6,25-33,36-40,82H2,1-4H3,(H2,83,104)(H,86,114)(H,87,115)(H,88,116)(H,89,122)(H,91,105)(H,92,108)(H,93,106)(H,94,107)(H,95,109)(H,96,118)(H,97,119)(H,98,123)(H,99,117)(H,100,120)(H,101,121)(H,110,111)(H,112,113)(H,124,125)/t42-,43-,48?,52-,53-,54-,55-,56-,57-,58-,59-,60-,69-,70-/m0/s1. The Morgan fingerprint density at radius 3 is 1.30 bits per heavy atom. The van der Waals surface area contributed by atoms with Crippen LogP contribution >= 0.6 is 0 Å². The van der Waals surface area contributed by atoms with Crippen molar-refractivity contribution in [3.63, 3.8) is 0 Å². The Kier molecular flexibility index (Phi) is 39.7. The summed E-state index contributed by atoms with van der Waals surface area (Å²) in [6, 6.07) is 9.88. The number of primary amides is 1. The molecule has 0 aliphatic carbocycles. The lowest BCUT2D eigenvalue weighted by Crippen LogP contribution is -2.61. The van der Waals surface area contributed by atoms with Crippen LogP contribution < -0.4 is 91.2 Å². The van der Waals surface area contributed by atoms with E-state index in [4.69, 9.17) is 16.6 Å². The topological polar surface area (TPSA) is 698 Å². The predicted molar refractivity (Wildman–Crippen MR) is 444 cm³/mol. The SMILES string of the molecule is CC[C@H](C)[C@H](NC(=O)[C@H](Cc1ccccc1)NC(=O)CN)C(=O)NCC(=O)N[C@@H](Cc1c[nH]c2ccccc12)C(=O)NCC(=O)N[C@@H](CC(N)=O)C(=O)N[C@@H](CC(=O)O)C(=O)N[C@H](C(=O)N[C@@H](Cc1ccccc1)C(=O)NCC(=O)N[C@@H](CC1C=NC=N1)C(=O)N[C@@H](Cc1ccc(O)cc1)C(=O)N[C@@H](CO)C(=O)NCC(=O)N[C@@H](CC(=O)O)C(=O)O)[C@@H](C)CC. The van der Waals surface area contributed by atoms with Gasteiger partial charge in [0.2, 0.25) is 94.5 Å². The molecule has 1 aliphatic heterocycles. The number of aliphatic hydroxyl groups excluding tert-OH is 1. The molecule has 14 atom stereocenters. The molecule has 6 rings (SSSR count). The first-order valence-corrected chi connectivity index (χ1v) is 39.6. The van der Waals surface area contributed by atoms with Gasteiger partial charge >= 0.3 is 17.9 Å². The number of aromatic hydroxyl groups is 1. The van der Waals surface area contributed by atoms with Crippen LogP contribution in [0.5, 0.6) is 5.75 Å². The molecule has 0 bridgehead atoms. The van der Waals surface area contributed by atoms with Gasteiger partial charge in [0, 0.05) is 55.4 Å². The lowest BCUT2D eigenvalue weighted by molar-refractivity contribution is -0.147. The largest absolute Gasteiger partial charge is 0.508 e. The van der Waals surface area contributed by atoms with E-state index in [9.17, 15) is 112 Å². The highest BCUT2D eigenvalue weighted by atomic mass is 16.4. The minimum atomic E-state index is -2.09. The average Bonchev–Trinajstić information content (AvgIpc) is 1.67. The number of aliphatic imine (C=N–C) groups is 2. The molecule has 0 saturated heterocycles. The van der Waals surface area contributed by atoms with Crippen LogP contribution in [0.1, 0.15) is 88.5 Å². The van der Waals surface area contributed by atoms with Crippen LogP contribution in [0.2, 0.25) is 0 Å². The summed E-state index contributed by atoms with van der Waals surface area (Å²) in [5.41, 5.74) is 13.6. The van der Waals surface area contributed by atoms with Gasteiger partial charge in [-0.2, -0.15) is 0 Å². The fourth-order valence-electron chi connectivity index (χ4n) is 12.6. The summed E-state index contributed by atoms with van der Waals surface area (Å²) in [5.74, 6) is -23.3. The number of carboxylic acid groups (broad SMARTS) is 3. The lowest BCUT2D eigenvalue weighted by Gasteiger charge is -2.28. The molecule has 125 heavy (non-hydrogen) atoms. The van der Waals surface area contributed by atoms with Crippen molar-refractivity contribution in [3.8, 4) is 5.75 Å². The summed E-state index contributed by atoms with van der Waals surface area (Å²) < 4.78 is 0. The van der Waals surface area contributed by atoms with Gasteiger partial charge in [-0.15, -0.1) is 0 Å². The van der Waals surface area contributed by atoms with E-state index in [-0.39, 0.29) is 44.3 Å². The smallest absolute Gasteiger partial charge is 0.326 e. The number of H-pyrrole nitrogens is 1. The molecule has 1 aliphatic rings. The molecule has 0 radical (unpaired) electrons. The van der Waals surface area contributed by atoms with Gasteiger partial charge < -0.3 is 122 Å². The van der Waals surface area contributed by atoms with Crippen LogP contribution in [0.3, 0.4) is 0 Å². The number of nitrogens with zero attached hydrogens (tertiary/aromatic N) is 2. The van der Waals surface area contributed by atoms with Crippen molar-refractivity contribution in [1.29, 1.82) is 0 Å². The van der Waals surface area contributed by atoms with Crippen molar-refractivity contribution >= 4 is 136 Å². The number of benzene rings is 4. The highest BCUT2D eigenvalue weighted by Gasteiger charge is 2.38. The zero-order valence-corrected chi connectivity index (χ0v) is 68.6. The van der Waals surface area contributed by atoms with Crippen LogP contribution in [0.25, 0.3) is 10.9 Å². The summed E-state index contributed by atoms with van der Waals surface area (Å²) in [4.78, 5) is 266. The zero-order valence-electron chi connectivity index (χ0n) is 68.6. The number of amides is 16. The highest BCUT2D eigenvalue weighted by molar-refractivity contribution is 6.02. The first-order valence-electron chi connectivity index (χ1n) is 39.6. The Labute approximate surface area is 714 Å². The van der Waals surface area contributed by atoms with E-state index in [1.165, 1.54) is 37.4 Å². The van der Waals surface area contributed by atoms with Crippen molar-refractivity contribution in [2.75, 3.05) is 39.3 Å². The maximum absolute atomic E-state index is 14.6. The number of aromatic nitrogens is 1. The Morgan fingerprint density at radius 1 is 0.416 bits per heavy atom. The number of para-hydroxylation sites is 1. The van der Waals surface area contributed by atoms with Crippen molar-refractivity contribution in [2.24, 2.45) is 33.3 Å². The normalized spacial score (nSPS) is 15.0. The number of carboxylic acids is 3. The van der Waals surface area contributed by atoms with Gasteiger partial charge in [-0.05, 0) is 52.3 Å². The summed E-state index contributed by atoms with van der Waals surface area (Å²) >= 11 is 0. The van der Waals surface area contributed by atoms with E-state index in [1.807, 2.05) is 5.32 Å². The van der Waals surface area contributed by atoms with E-state index in [1.54, 1.807) is 112 Å². The first kappa shape index (κ1) is 99.2. The number of hydrogen-bond acceptors (Lipinski definition) is 24. The number of aliphatic hydroxyl groups is 1. The summed E-state index contributed by atoms with van der Waals surface area (Å²) in [6.45, 7) is 1.42. The molecule has 5 aromatic rings. The number of nitrogens with one attached hydrogen (secondary N) is 16. The Bertz CT molecular complexity index is 4730. The second-order valence-electron chi connectivity index (χ2n) is 29.2. The second kappa shape index (κ2) is 50.0. The predicted octanol–water partition coefficient (Wildman–Crippen LogP) is -6.23. The van der Waals surface area contributed by atoms with Crippen molar-refractivity contribution < 1.29 is 117 Å². The number of carbonyl (C=O) groups is 19. The van der Waals surface area contributed by atoms with Crippen LogP contribution in [0, 0.1) is 11.8 Å². The minimum absolute atomic E-state index is 0.0394. The molecule has 44 nitrogen and oxygen atoms in total. The lowest BCUT2D eigenvalue weighted by atomic mass is 9.96. The van der Waals surface area contributed by atoms with E-state index in [2.05, 4.69) is 89.4 Å². The maximum atomic E-state index is 14.6. The number of hydrogen-bond donors (Lipinski definition) is 23. The van der Waals surface area contributed by atoms with Crippen LogP contribution in [-0.2, 0) is 117 Å². The molecular formula is C81H104N20O24. The average molecular weight is 1740 g/mol. The molecule has 1 aromatic heterocycles. The number of nitrogens with two attached hydrogens (primary N) is 2. The van der Waals surface area contributed by atoms with Gasteiger partial charge in [0.1, 0.15) is 78.5 Å². The van der Waals surface area contributed by atoms with Gasteiger partial charge in [-0.3, -0.25) is 91.3 Å². The molecule has 0 fully saturated rings. The maximum Gasteiger partial charge on any atom is 0.326 e. The molecule has 0 saturated carbocycles. The molecule has 2 heterocycles. The fourth-order valence-corrected chi connectivity index (χ4v) is 12.6. The fraction of sp³-hybridized carbons (Fsp3) is 0.420. The second-order valence-corrected chi connectivity index (χ2v) is 29.2. The van der Waals surface area contributed by atoms with Crippen LogP contribution in [-0.4, -0.2) is 267 Å². The third-order valence-electron chi connectivity index (χ3n) is 19.7. The van der Waals surface area contributed by atoms with Crippen LogP contribution in [0.4, 0.5) is 0 Å². The molecule has 1 unspecified atom stereocenters. The van der Waals surface area contributed by atoms with Gasteiger partial charge in [0.15, 0.2) is 0 Å². The quantitative estimate of drug-likeness (QED) is 0.0172. The van der Waals surface area contributed by atoms with Gasteiger partial charge in [-0.25, -0.2) is 9.79 Å². The van der Waals surface area contributed by atoms with Gasteiger partial charge in [0.25, 0.3) is 0 Å². The van der Waals surface area contributed by atoms with E-state index in [0.29, 0.717) is 39.6 Å². The monoisotopic (exact) mass is 1740 g/mol. The molecule has 44 heteroatoms. The zero-order chi connectivity index (χ0) is 92.0. The third-order valence-corrected chi connectivity index (χ3v) is 19.7.